The Morgan fingerprint density at radius 3 is 3.00 bits per heavy atom. The molecule has 4 rings (SSSR count). The fourth-order valence-electron chi connectivity index (χ4n) is 4.96. The van der Waals surface area contributed by atoms with Gasteiger partial charge in [0, 0.05) is 34.5 Å². The number of aliphatic hydroxyl groups is 1. The molecule has 0 amide bonds. The van der Waals surface area contributed by atoms with E-state index in [9.17, 15) is 9.90 Å². The fraction of sp³-hybridized carbons (Fsp3) is 0.450. The van der Waals surface area contributed by atoms with Crippen LogP contribution >= 0.6 is 22.6 Å². The van der Waals surface area contributed by atoms with E-state index in [0.29, 0.717) is 12.0 Å². The van der Waals surface area contributed by atoms with Crippen molar-refractivity contribution in [3.8, 4) is 0 Å². The minimum absolute atomic E-state index is 0.0493. The molecule has 1 fully saturated rings. The van der Waals surface area contributed by atoms with Crippen molar-refractivity contribution in [1.29, 1.82) is 0 Å². The lowest BCUT2D eigenvalue weighted by Gasteiger charge is -2.43. The molecule has 0 radical (unpaired) electrons. The lowest BCUT2D eigenvalue weighted by Crippen LogP contribution is -2.54. The normalized spacial score (nSPS) is 30.5. The van der Waals surface area contributed by atoms with Crippen LogP contribution in [-0.4, -0.2) is 48.3 Å². The average Bonchev–Trinajstić information content (AvgIpc) is 3.19. The van der Waals surface area contributed by atoms with Crippen LogP contribution in [0.15, 0.2) is 45.2 Å². The third kappa shape index (κ3) is 2.46. The average molecular weight is 466 g/mol. The molecule has 2 N–H and O–H groups in total. The third-order valence-corrected chi connectivity index (χ3v) is 6.95. The first-order chi connectivity index (χ1) is 12.5. The van der Waals surface area contributed by atoms with Crippen LogP contribution in [0, 0.1) is 0 Å². The van der Waals surface area contributed by atoms with Gasteiger partial charge < -0.3 is 15.2 Å². The van der Waals surface area contributed by atoms with Crippen molar-refractivity contribution in [3.63, 3.8) is 0 Å². The molecule has 1 spiro atoms. The van der Waals surface area contributed by atoms with E-state index in [4.69, 9.17) is 4.74 Å². The number of methoxy groups -OCH3 is 1. The standard InChI is InChI=1S/C20H23IN2O3/c1-3-12(21)11-23-9-8-20-14-6-4-5-7-15(14)22-17(20)13(19(25)26-2)10-16(24)18(20)23/h3-7,16,18,22,24H,8-11H2,1-2H3/b12-3-/t16-,18+,20+/m1/s1. The maximum Gasteiger partial charge on any atom is 0.335 e. The summed E-state index contributed by atoms with van der Waals surface area (Å²) >= 11 is 2.36. The van der Waals surface area contributed by atoms with Gasteiger partial charge >= 0.3 is 5.97 Å². The molecule has 2 heterocycles. The number of fused-ring (bicyclic) bond motifs is 1. The van der Waals surface area contributed by atoms with E-state index in [1.54, 1.807) is 0 Å². The highest BCUT2D eigenvalue weighted by Gasteiger charge is 2.60. The highest BCUT2D eigenvalue weighted by atomic mass is 127. The van der Waals surface area contributed by atoms with Crippen molar-refractivity contribution < 1.29 is 14.6 Å². The molecular formula is C20H23IN2O3. The molecule has 1 saturated heterocycles. The highest BCUT2D eigenvalue weighted by Crippen LogP contribution is 2.57. The zero-order valence-electron chi connectivity index (χ0n) is 15.0. The summed E-state index contributed by atoms with van der Waals surface area (Å²) < 4.78 is 6.29. The van der Waals surface area contributed by atoms with Gasteiger partial charge in [-0.2, -0.15) is 0 Å². The summed E-state index contributed by atoms with van der Waals surface area (Å²) in [5, 5.41) is 14.6. The van der Waals surface area contributed by atoms with Crippen LogP contribution in [0.3, 0.4) is 0 Å². The summed E-state index contributed by atoms with van der Waals surface area (Å²) in [7, 11) is 1.40. The summed E-state index contributed by atoms with van der Waals surface area (Å²) in [6.07, 6.45) is 2.70. The van der Waals surface area contributed by atoms with E-state index in [1.165, 1.54) is 16.3 Å². The first kappa shape index (κ1) is 18.0. The molecule has 138 valence electrons. The van der Waals surface area contributed by atoms with Crippen molar-refractivity contribution in [3.05, 3.63) is 50.8 Å². The smallest absolute Gasteiger partial charge is 0.335 e. The topological polar surface area (TPSA) is 61.8 Å². The minimum atomic E-state index is -0.607. The lowest BCUT2D eigenvalue weighted by atomic mass is 9.66. The number of nitrogens with zero attached hydrogens (tertiary/aromatic N) is 1. The first-order valence-corrected chi connectivity index (χ1v) is 10.0. The van der Waals surface area contributed by atoms with Crippen LogP contribution in [0.4, 0.5) is 5.69 Å². The quantitative estimate of drug-likeness (QED) is 0.530. The van der Waals surface area contributed by atoms with E-state index in [-0.39, 0.29) is 17.4 Å². The summed E-state index contributed by atoms with van der Waals surface area (Å²) in [6.45, 7) is 3.75. The van der Waals surface area contributed by atoms with Crippen molar-refractivity contribution in [1.82, 2.24) is 4.90 Å². The van der Waals surface area contributed by atoms with E-state index in [2.05, 4.69) is 44.9 Å². The number of aliphatic hydroxyl groups excluding tert-OH is 1. The molecule has 0 unspecified atom stereocenters. The van der Waals surface area contributed by atoms with Gasteiger partial charge in [0.2, 0.25) is 0 Å². The molecule has 0 bridgehead atoms. The van der Waals surface area contributed by atoms with Crippen LogP contribution in [-0.2, 0) is 14.9 Å². The fourth-order valence-corrected chi connectivity index (χ4v) is 5.40. The number of esters is 1. The Morgan fingerprint density at radius 2 is 2.27 bits per heavy atom. The summed E-state index contributed by atoms with van der Waals surface area (Å²) in [5.74, 6) is -0.348. The van der Waals surface area contributed by atoms with Crippen molar-refractivity contribution >= 4 is 34.2 Å². The second kappa shape index (κ2) is 6.65. The minimum Gasteiger partial charge on any atom is -0.466 e. The van der Waals surface area contributed by atoms with Gasteiger partial charge in [0.15, 0.2) is 0 Å². The van der Waals surface area contributed by atoms with Gasteiger partial charge in [0.1, 0.15) is 0 Å². The molecule has 2 aliphatic heterocycles. The van der Waals surface area contributed by atoms with Crippen LogP contribution < -0.4 is 5.32 Å². The largest absolute Gasteiger partial charge is 0.466 e. The Labute approximate surface area is 167 Å². The Hall–Kier alpha value is -1.38. The molecule has 1 aromatic rings. The number of hydrogen-bond acceptors (Lipinski definition) is 5. The lowest BCUT2D eigenvalue weighted by molar-refractivity contribution is -0.137. The van der Waals surface area contributed by atoms with E-state index in [0.717, 1.165) is 30.9 Å². The monoisotopic (exact) mass is 466 g/mol. The van der Waals surface area contributed by atoms with Crippen LogP contribution in [0.1, 0.15) is 25.3 Å². The Bertz CT molecular complexity index is 819. The number of carbonyl (C=O) groups is 1. The van der Waals surface area contributed by atoms with Gasteiger partial charge in [0.25, 0.3) is 0 Å². The number of ether oxygens (including phenoxy) is 1. The second-order valence-electron chi connectivity index (χ2n) is 7.16. The zero-order chi connectivity index (χ0) is 18.5. The number of carbonyl (C=O) groups excluding carboxylic acids is 1. The number of halogens is 1. The third-order valence-electron chi connectivity index (χ3n) is 5.98. The van der Waals surface area contributed by atoms with Gasteiger partial charge in [-0.3, -0.25) is 4.90 Å². The van der Waals surface area contributed by atoms with Gasteiger partial charge in [-0.15, -0.1) is 0 Å². The highest BCUT2D eigenvalue weighted by molar-refractivity contribution is 14.1. The van der Waals surface area contributed by atoms with Crippen LogP contribution in [0.5, 0.6) is 0 Å². The number of rotatable bonds is 3. The predicted octanol–water partition coefficient (Wildman–Crippen LogP) is 2.95. The van der Waals surface area contributed by atoms with Crippen LogP contribution in [0.2, 0.25) is 0 Å². The molecule has 26 heavy (non-hydrogen) atoms. The van der Waals surface area contributed by atoms with Crippen LogP contribution in [0.25, 0.3) is 0 Å². The molecule has 0 saturated carbocycles. The number of benzene rings is 1. The Morgan fingerprint density at radius 1 is 1.50 bits per heavy atom. The van der Waals surface area contributed by atoms with E-state index < -0.39 is 6.10 Å². The number of likely N-dealkylation sites (tertiary alicyclic amines) is 1. The summed E-state index contributed by atoms with van der Waals surface area (Å²) in [4.78, 5) is 14.8. The molecular weight excluding hydrogens is 443 g/mol. The molecule has 1 aliphatic carbocycles. The Kier molecular flexibility index (Phi) is 4.61. The Balaban J connectivity index is 1.89. The van der Waals surface area contributed by atoms with Crippen molar-refractivity contribution in [2.75, 3.05) is 25.5 Å². The SMILES string of the molecule is C/C=C(\I)CN1CC[C@]23C(=C(C(=O)OC)C[C@@H](O)[C@H]12)Nc1ccccc13. The maximum atomic E-state index is 12.4. The predicted molar refractivity (Wildman–Crippen MR) is 109 cm³/mol. The van der Waals surface area contributed by atoms with Gasteiger partial charge in [-0.25, -0.2) is 4.79 Å². The zero-order valence-corrected chi connectivity index (χ0v) is 17.1. The summed E-state index contributed by atoms with van der Waals surface area (Å²) in [6, 6.07) is 8.16. The van der Waals surface area contributed by atoms with Crippen molar-refractivity contribution in [2.45, 2.75) is 37.3 Å². The molecule has 0 aromatic heterocycles. The van der Waals surface area contributed by atoms with E-state index in [1.807, 2.05) is 25.1 Å². The van der Waals surface area contributed by atoms with Gasteiger partial charge in [-0.05, 0) is 47.6 Å². The number of anilines is 1. The van der Waals surface area contributed by atoms with Gasteiger partial charge in [-0.1, -0.05) is 24.3 Å². The molecule has 3 aliphatic rings. The number of allylic oxidation sites excluding steroid dienone is 1. The maximum absolute atomic E-state index is 12.4. The van der Waals surface area contributed by atoms with Gasteiger partial charge in [0.05, 0.1) is 30.2 Å². The number of nitrogens with one attached hydrogen (secondary N) is 1. The number of hydrogen-bond donors (Lipinski definition) is 2. The molecule has 1 aromatic carbocycles. The molecule has 3 atom stereocenters. The van der Waals surface area contributed by atoms with Crippen molar-refractivity contribution in [2.24, 2.45) is 0 Å². The molecule has 5 nitrogen and oxygen atoms in total. The second-order valence-corrected chi connectivity index (χ2v) is 8.55. The molecule has 6 heteroatoms. The summed E-state index contributed by atoms with van der Waals surface area (Å²) in [5.41, 5.74) is 3.35. The number of para-hydroxylation sites is 1. The first-order valence-electron chi connectivity index (χ1n) is 8.94. The van der Waals surface area contributed by atoms with E-state index >= 15 is 0 Å².